The zero-order chi connectivity index (χ0) is 42.8. The number of para-hydroxylation sites is 1. The summed E-state index contributed by atoms with van der Waals surface area (Å²) in [7, 11) is -7.49. The first kappa shape index (κ1) is 43.0. The van der Waals surface area contributed by atoms with Crippen molar-refractivity contribution in [1.29, 1.82) is 0 Å². The molecule has 0 aliphatic carbocycles. The number of sulfonamides is 2. The predicted molar refractivity (Wildman–Crippen MR) is 242 cm³/mol. The van der Waals surface area contributed by atoms with Gasteiger partial charge in [-0.3, -0.25) is 19.0 Å². The van der Waals surface area contributed by atoms with Crippen LogP contribution in [0.5, 0.6) is 0 Å². The summed E-state index contributed by atoms with van der Waals surface area (Å²) in [6.45, 7) is 0.767. The fourth-order valence-electron chi connectivity index (χ4n) is 6.46. The highest BCUT2D eigenvalue weighted by Crippen LogP contribution is 2.35. The highest BCUT2D eigenvalue weighted by atomic mass is 35.5. The van der Waals surface area contributed by atoms with Crippen LogP contribution in [0.15, 0.2) is 166 Å². The van der Waals surface area contributed by atoms with Crippen LogP contribution in [-0.2, 0) is 36.1 Å². The van der Waals surface area contributed by atoms with E-state index in [1.165, 1.54) is 77.0 Å². The molecule has 2 unspecified atom stereocenters. The van der Waals surface area contributed by atoms with Crippen molar-refractivity contribution in [2.45, 2.75) is 34.1 Å². The van der Waals surface area contributed by atoms with Crippen LogP contribution in [0.3, 0.4) is 0 Å². The number of rotatable bonds is 13. The number of halogens is 1. The van der Waals surface area contributed by atoms with E-state index in [1.54, 1.807) is 47.2 Å². The van der Waals surface area contributed by atoms with Gasteiger partial charge in [0.25, 0.3) is 26.0 Å². The van der Waals surface area contributed by atoms with Gasteiger partial charge in [0.1, 0.15) is 11.4 Å². The predicted octanol–water partition coefficient (Wildman–Crippen LogP) is 8.94. The minimum atomic E-state index is -3.76. The number of aromatic nitrogens is 2. The Morgan fingerprint density at radius 2 is 1.08 bits per heavy atom. The van der Waals surface area contributed by atoms with Crippen LogP contribution in [0.1, 0.15) is 34.5 Å². The molecule has 0 spiro atoms. The Hall–Kier alpha value is -6.11. The molecule has 5 aromatic carbocycles. The number of nitrogens with one attached hydrogen (secondary N) is 4. The number of hydrogen-bond acceptors (Lipinski definition) is 11. The average molecular weight is 913 g/mol. The second-order valence-corrected chi connectivity index (χ2v) is 19.0. The highest BCUT2D eigenvalue weighted by Gasteiger charge is 2.31. The summed E-state index contributed by atoms with van der Waals surface area (Å²) in [5.74, 6) is -0.571. The van der Waals surface area contributed by atoms with Gasteiger partial charge >= 0.3 is 0 Å². The summed E-state index contributed by atoms with van der Waals surface area (Å²) in [4.78, 5) is 36.0. The van der Waals surface area contributed by atoms with Crippen molar-refractivity contribution in [1.82, 2.24) is 9.97 Å². The maximum Gasteiger partial charge on any atom is 0.263 e. The van der Waals surface area contributed by atoms with Crippen LogP contribution in [0.25, 0.3) is 0 Å². The number of anilines is 5. The number of aryl methyl sites for hydroxylation is 1. The molecular weight excluding hydrogens is 874 g/mol. The van der Waals surface area contributed by atoms with Crippen molar-refractivity contribution in [3.63, 3.8) is 0 Å². The van der Waals surface area contributed by atoms with E-state index in [-0.39, 0.29) is 20.8 Å². The Morgan fingerprint density at radius 1 is 0.607 bits per heavy atom. The minimum absolute atomic E-state index is 0.0659. The SMILES string of the molecule is O=C(Nc1ccc(S(=O)(=O)Nc2nccs2)cc1)C(Cl)c1ccccc1.O=C(Nc1ccc(S(=O)(=O)Nc2nccs2)cc1)C(c1ccccc1)N1CCCc2ccccc21. The zero-order valence-electron chi connectivity index (χ0n) is 32.1. The van der Waals surface area contributed by atoms with Crippen molar-refractivity contribution in [3.05, 3.63) is 173 Å². The van der Waals surface area contributed by atoms with Gasteiger partial charge in [-0.2, -0.15) is 0 Å². The number of alkyl halides is 1. The Morgan fingerprint density at radius 3 is 1.59 bits per heavy atom. The summed E-state index contributed by atoms with van der Waals surface area (Å²) < 4.78 is 54.6. The lowest BCUT2D eigenvalue weighted by Crippen LogP contribution is -2.40. The van der Waals surface area contributed by atoms with E-state index in [2.05, 4.69) is 47.1 Å². The molecule has 3 heterocycles. The molecule has 0 saturated heterocycles. The van der Waals surface area contributed by atoms with Gasteiger partial charge in [0, 0.05) is 46.8 Å². The average Bonchev–Trinajstić information content (AvgIpc) is 3.99. The van der Waals surface area contributed by atoms with Crippen LogP contribution in [0.4, 0.5) is 27.3 Å². The van der Waals surface area contributed by atoms with E-state index in [4.69, 9.17) is 11.6 Å². The van der Waals surface area contributed by atoms with Crippen molar-refractivity contribution >= 4 is 93.5 Å². The molecular formula is C43H38ClN7O6S4. The normalized spacial score (nSPS) is 13.4. The molecule has 312 valence electrons. The van der Waals surface area contributed by atoms with Crippen LogP contribution >= 0.6 is 34.3 Å². The largest absolute Gasteiger partial charge is 0.356 e. The fourth-order valence-corrected chi connectivity index (χ4v) is 10.2. The lowest BCUT2D eigenvalue weighted by molar-refractivity contribution is -0.118. The number of hydrogen-bond donors (Lipinski definition) is 4. The third-order valence-corrected chi connectivity index (χ3v) is 14.1. The zero-order valence-corrected chi connectivity index (χ0v) is 36.1. The molecule has 4 N–H and O–H groups in total. The van der Waals surface area contributed by atoms with E-state index in [0.29, 0.717) is 22.1 Å². The summed E-state index contributed by atoms with van der Waals surface area (Å²) in [5.41, 5.74) is 4.85. The van der Waals surface area contributed by atoms with E-state index in [0.717, 1.165) is 30.6 Å². The third kappa shape index (κ3) is 11.0. The maximum atomic E-state index is 13.6. The first-order chi connectivity index (χ1) is 29.5. The number of nitrogens with zero attached hydrogens (tertiary/aromatic N) is 3. The molecule has 13 nitrogen and oxygen atoms in total. The van der Waals surface area contributed by atoms with Gasteiger partial charge < -0.3 is 15.5 Å². The Bertz CT molecular complexity index is 2760. The first-order valence-electron chi connectivity index (χ1n) is 18.7. The number of amides is 2. The molecule has 2 atom stereocenters. The Kier molecular flexibility index (Phi) is 13.8. The molecule has 61 heavy (non-hydrogen) atoms. The first-order valence-corrected chi connectivity index (χ1v) is 23.9. The molecule has 0 saturated carbocycles. The van der Waals surface area contributed by atoms with Crippen LogP contribution in [0.2, 0.25) is 0 Å². The lowest BCUT2D eigenvalue weighted by Gasteiger charge is -2.37. The lowest BCUT2D eigenvalue weighted by atomic mass is 9.96. The second-order valence-electron chi connectivity index (χ2n) is 13.4. The van der Waals surface area contributed by atoms with Crippen molar-refractivity contribution in [2.24, 2.45) is 0 Å². The van der Waals surface area contributed by atoms with Gasteiger partial charge in [0.2, 0.25) is 5.91 Å². The molecule has 18 heteroatoms. The van der Waals surface area contributed by atoms with E-state index in [1.807, 2.05) is 48.5 Å². The monoisotopic (exact) mass is 911 g/mol. The third-order valence-electron chi connectivity index (χ3n) is 9.32. The minimum Gasteiger partial charge on any atom is -0.356 e. The van der Waals surface area contributed by atoms with Gasteiger partial charge in [-0.05, 0) is 84.1 Å². The molecule has 0 radical (unpaired) electrons. The van der Waals surface area contributed by atoms with Crippen molar-refractivity contribution in [2.75, 3.05) is 31.5 Å². The fraction of sp³-hybridized carbons (Fsp3) is 0.116. The van der Waals surface area contributed by atoms with Gasteiger partial charge in [-0.1, -0.05) is 78.9 Å². The van der Waals surface area contributed by atoms with Gasteiger partial charge in [-0.15, -0.1) is 34.3 Å². The molecule has 0 bridgehead atoms. The quantitative estimate of drug-likeness (QED) is 0.0822. The topological polar surface area (TPSA) is 180 Å². The number of fused-ring (bicyclic) bond motifs is 1. The van der Waals surface area contributed by atoms with Crippen LogP contribution in [-0.4, -0.2) is 45.2 Å². The smallest absolute Gasteiger partial charge is 0.263 e. The Labute approximate surface area is 366 Å². The van der Waals surface area contributed by atoms with Crippen LogP contribution in [0, 0.1) is 0 Å². The van der Waals surface area contributed by atoms with Gasteiger partial charge in [-0.25, -0.2) is 26.8 Å². The van der Waals surface area contributed by atoms with Crippen molar-refractivity contribution in [3.8, 4) is 0 Å². The van der Waals surface area contributed by atoms with Gasteiger partial charge in [0.05, 0.1) is 9.79 Å². The van der Waals surface area contributed by atoms with E-state index < -0.39 is 37.4 Å². The number of thiazole rings is 2. The number of benzene rings is 5. The molecule has 8 rings (SSSR count). The standard InChI is InChI=1S/C26H24N4O3S2.C17H14ClN3O3S2/c31-25(28-21-12-14-22(15-13-21)35(32,33)29-26-27-16-18-34-26)24(20-8-2-1-3-9-20)30-17-6-10-19-7-4-5-11-23(19)30;18-15(12-4-2-1-3-5-12)16(22)20-13-6-8-14(9-7-13)26(23,24)21-17-19-10-11-25-17/h1-5,7-9,11-16,18,24H,6,10,17H2,(H,27,29)(H,28,31);1-11,15H,(H,19,21)(H,20,22). The van der Waals surface area contributed by atoms with E-state index in [9.17, 15) is 26.4 Å². The summed E-state index contributed by atoms with van der Waals surface area (Å²) >= 11 is 8.55. The number of carbonyl (C=O) groups is 2. The highest BCUT2D eigenvalue weighted by molar-refractivity contribution is 7.93. The summed E-state index contributed by atoms with van der Waals surface area (Å²) in [6.07, 6.45) is 4.99. The molecule has 2 amide bonds. The maximum absolute atomic E-state index is 13.6. The molecule has 1 aliphatic rings. The van der Waals surface area contributed by atoms with Crippen LogP contribution < -0.4 is 25.0 Å². The number of carbonyl (C=O) groups excluding carboxylic acids is 2. The van der Waals surface area contributed by atoms with Gasteiger partial charge in [0.15, 0.2) is 10.3 Å². The Balaban J connectivity index is 0.000000193. The molecule has 0 fully saturated rings. The second kappa shape index (κ2) is 19.5. The van der Waals surface area contributed by atoms with Crippen molar-refractivity contribution < 1.29 is 26.4 Å². The molecule has 1 aliphatic heterocycles. The molecule has 7 aromatic rings. The van der Waals surface area contributed by atoms with E-state index >= 15 is 0 Å². The summed E-state index contributed by atoms with van der Waals surface area (Å²) in [6, 6.07) is 38.3. The summed E-state index contributed by atoms with van der Waals surface area (Å²) in [5, 5.41) is 8.77. The molecule has 2 aromatic heterocycles.